The lowest BCUT2D eigenvalue weighted by Gasteiger charge is -2.16. The number of carbonyl (C=O) groups is 1. The maximum absolute atomic E-state index is 12.8. The van der Waals surface area contributed by atoms with Gasteiger partial charge in [-0.2, -0.15) is 5.10 Å². The van der Waals surface area contributed by atoms with Crippen LogP contribution in [0, 0.1) is 6.92 Å². The van der Waals surface area contributed by atoms with Crippen molar-refractivity contribution in [3.63, 3.8) is 0 Å². The summed E-state index contributed by atoms with van der Waals surface area (Å²) in [5.74, 6) is 0.457. The second-order valence-electron chi connectivity index (χ2n) is 8.43. The molecule has 0 bridgehead atoms. The first kappa shape index (κ1) is 21.8. The molecule has 164 valence electrons. The number of rotatable bonds is 7. The van der Waals surface area contributed by atoms with E-state index in [2.05, 4.69) is 65.6 Å². The Labute approximate surface area is 189 Å². The van der Waals surface area contributed by atoms with Gasteiger partial charge in [-0.1, -0.05) is 68.4 Å². The summed E-state index contributed by atoms with van der Waals surface area (Å²) in [7, 11) is 0. The highest BCUT2D eigenvalue weighted by Crippen LogP contribution is 2.29. The monoisotopic (exact) mass is 426 g/mol. The molecule has 0 radical (unpaired) electrons. The Morgan fingerprint density at radius 2 is 1.69 bits per heavy atom. The summed E-state index contributed by atoms with van der Waals surface area (Å²) >= 11 is 0. The lowest BCUT2D eigenvalue weighted by molar-refractivity contribution is -0.122. The lowest BCUT2D eigenvalue weighted by Crippen LogP contribution is -2.30. The summed E-state index contributed by atoms with van der Waals surface area (Å²) in [6.45, 7) is 8.53. The van der Waals surface area contributed by atoms with Gasteiger partial charge in [-0.15, -0.1) is 0 Å². The van der Waals surface area contributed by atoms with E-state index in [-0.39, 0.29) is 18.5 Å². The van der Waals surface area contributed by atoms with Gasteiger partial charge in [0.05, 0.1) is 11.7 Å². The number of carbonyl (C=O) groups excluding carboxylic acids is 1. The molecule has 5 heteroatoms. The first-order valence-electron chi connectivity index (χ1n) is 11.2. The van der Waals surface area contributed by atoms with Crippen LogP contribution < -0.4 is 5.32 Å². The molecule has 4 rings (SSSR count). The molecule has 2 atom stereocenters. The molecule has 0 aliphatic carbocycles. The average Bonchev–Trinajstić information content (AvgIpc) is 3.14. The number of hydrogen-bond donors (Lipinski definition) is 1. The van der Waals surface area contributed by atoms with Gasteiger partial charge in [0.1, 0.15) is 6.54 Å². The number of nitrogens with zero attached hydrogens (tertiary/aromatic N) is 3. The zero-order valence-corrected chi connectivity index (χ0v) is 19.2. The SMILES string of the molecule is CCC(C)c1ccc(C(C)NC(=O)Cn2nc(C)c3c(-c4ccccc4)ccnc32)cc1. The van der Waals surface area contributed by atoms with Crippen LogP contribution in [0.4, 0.5) is 0 Å². The van der Waals surface area contributed by atoms with Crippen LogP contribution >= 0.6 is 0 Å². The van der Waals surface area contributed by atoms with E-state index in [1.54, 1.807) is 10.9 Å². The number of aromatic nitrogens is 3. The smallest absolute Gasteiger partial charge is 0.242 e. The highest BCUT2D eigenvalue weighted by molar-refractivity contribution is 5.95. The van der Waals surface area contributed by atoms with Crippen molar-refractivity contribution >= 4 is 16.9 Å². The number of aryl methyl sites for hydroxylation is 1. The maximum Gasteiger partial charge on any atom is 0.242 e. The van der Waals surface area contributed by atoms with Gasteiger partial charge in [-0.25, -0.2) is 9.67 Å². The number of fused-ring (bicyclic) bond motifs is 1. The topological polar surface area (TPSA) is 59.8 Å². The number of pyridine rings is 1. The largest absolute Gasteiger partial charge is 0.348 e. The fraction of sp³-hybridized carbons (Fsp3) is 0.296. The predicted molar refractivity (Wildman–Crippen MR) is 129 cm³/mol. The van der Waals surface area contributed by atoms with E-state index in [4.69, 9.17) is 0 Å². The van der Waals surface area contributed by atoms with Crippen molar-refractivity contribution in [1.82, 2.24) is 20.1 Å². The Kier molecular flexibility index (Phi) is 6.35. The maximum atomic E-state index is 12.8. The quantitative estimate of drug-likeness (QED) is 0.406. The molecule has 2 heterocycles. The van der Waals surface area contributed by atoms with E-state index in [0.29, 0.717) is 5.92 Å². The van der Waals surface area contributed by atoms with Gasteiger partial charge < -0.3 is 5.32 Å². The minimum Gasteiger partial charge on any atom is -0.348 e. The molecule has 1 N–H and O–H groups in total. The average molecular weight is 427 g/mol. The van der Waals surface area contributed by atoms with Crippen LogP contribution in [-0.2, 0) is 11.3 Å². The summed E-state index contributed by atoms with van der Waals surface area (Å²) < 4.78 is 1.70. The molecule has 0 fully saturated rings. The number of hydrogen-bond acceptors (Lipinski definition) is 3. The molecule has 5 nitrogen and oxygen atoms in total. The van der Waals surface area contributed by atoms with Gasteiger partial charge >= 0.3 is 0 Å². The number of benzene rings is 2. The van der Waals surface area contributed by atoms with E-state index in [1.807, 2.05) is 38.1 Å². The molecular weight excluding hydrogens is 396 g/mol. The minimum atomic E-state index is -0.0835. The molecule has 0 aliphatic heterocycles. The highest BCUT2D eigenvalue weighted by Gasteiger charge is 2.17. The fourth-order valence-corrected chi connectivity index (χ4v) is 4.11. The van der Waals surface area contributed by atoms with Crippen LogP contribution in [0.2, 0.25) is 0 Å². The van der Waals surface area contributed by atoms with Crippen LogP contribution in [0.25, 0.3) is 22.2 Å². The molecule has 2 unspecified atom stereocenters. The minimum absolute atomic E-state index is 0.0794. The van der Waals surface area contributed by atoms with E-state index < -0.39 is 0 Å². The van der Waals surface area contributed by atoms with Crippen LogP contribution in [-0.4, -0.2) is 20.7 Å². The summed E-state index contributed by atoms with van der Waals surface area (Å²) in [6, 6.07) is 20.6. The van der Waals surface area contributed by atoms with Gasteiger partial charge in [0, 0.05) is 11.6 Å². The predicted octanol–water partition coefficient (Wildman–Crippen LogP) is 5.80. The Balaban J connectivity index is 1.52. The second-order valence-corrected chi connectivity index (χ2v) is 8.43. The van der Waals surface area contributed by atoms with Crippen molar-refractivity contribution in [2.45, 2.75) is 52.6 Å². The zero-order valence-electron chi connectivity index (χ0n) is 19.2. The molecule has 2 aromatic heterocycles. The van der Waals surface area contributed by atoms with Crippen molar-refractivity contribution in [3.8, 4) is 11.1 Å². The molecule has 4 aromatic rings. The molecule has 32 heavy (non-hydrogen) atoms. The standard InChI is InChI=1S/C27H30N4O/c1-5-18(2)21-11-13-22(14-12-21)19(3)29-25(32)17-31-27-26(20(4)30-31)24(15-16-28-27)23-9-7-6-8-10-23/h6-16,18-19H,5,17H2,1-4H3,(H,29,32). The van der Waals surface area contributed by atoms with Crippen LogP contribution in [0.5, 0.6) is 0 Å². The molecule has 2 aromatic carbocycles. The van der Waals surface area contributed by atoms with Crippen LogP contribution in [0.15, 0.2) is 66.9 Å². The van der Waals surface area contributed by atoms with Gasteiger partial charge in [0.15, 0.2) is 5.65 Å². The Morgan fingerprint density at radius 3 is 2.38 bits per heavy atom. The van der Waals surface area contributed by atoms with Gasteiger partial charge in [0.25, 0.3) is 0 Å². The molecule has 0 saturated carbocycles. The van der Waals surface area contributed by atoms with Crippen LogP contribution in [0.1, 0.15) is 56.0 Å². The van der Waals surface area contributed by atoms with Crippen molar-refractivity contribution < 1.29 is 4.79 Å². The fourth-order valence-electron chi connectivity index (χ4n) is 4.11. The van der Waals surface area contributed by atoms with E-state index >= 15 is 0 Å². The third-order valence-corrected chi connectivity index (χ3v) is 6.18. The van der Waals surface area contributed by atoms with Crippen molar-refractivity contribution in [1.29, 1.82) is 0 Å². The molecule has 0 aliphatic rings. The van der Waals surface area contributed by atoms with E-state index in [9.17, 15) is 4.79 Å². The zero-order chi connectivity index (χ0) is 22.7. The van der Waals surface area contributed by atoms with Gasteiger partial charge in [-0.05, 0) is 54.5 Å². The van der Waals surface area contributed by atoms with Crippen molar-refractivity contribution in [2.75, 3.05) is 0 Å². The van der Waals surface area contributed by atoms with Crippen molar-refractivity contribution in [2.24, 2.45) is 0 Å². The summed E-state index contributed by atoms with van der Waals surface area (Å²) in [5, 5.41) is 8.72. The number of nitrogens with one attached hydrogen (secondary N) is 1. The molecule has 0 saturated heterocycles. The Morgan fingerprint density at radius 1 is 1.00 bits per heavy atom. The van der Waals surface area contributed by atoms with Crippen molar-refractivity contribution in [3.05, 3.63) is 83.7 Å². The summed E-state index contributed by atoms with van der Waals surface area (Å²) in [5.41, 5.74) is 6.21. The Hall–Kier alpha value is -3.47. The Bertz CT molecular complexity index is 1210. The van der Waals surface area contributed by atoms with Gasteiger partial charge in [0.2, 0.25) is 5.91 Å². The molecule has 1 amide bonds. The van der Waals surface area contributed by atoms with Gasteiger partial charge in [-0.3, -0.25) is 4.79 Å². The first-order valence-corrected chi connectivity index (χ1v) is 11.2. The third-order valence-electron chi connectivity index (χ3n) is 6.18. The number of amides is 1. The summed E-state index contributed by atoms with van der Waals surface area (Å²) in [4.78, 5) is 17.4. The molecular formula is C27H30N4O. The second kappa shape index (κ2) is 9.35. The highest BCUT2D eigenvalue weighted by atomic mass is 16.2. The lowest BCUT2D eigenvalue weighted by atomic mass is 9.96. The van der Waals surface area contributed by atoms with Crippen LogP contribution in [0.3, 0.4) is 0 Å². The normalized spacial score (nSPS) is 13.1. The third kappa shape index (κ3) is 4.42. The first-order chi connectivity index (χ1) is 15.5. The van der Waals surface area contributed by atoms with E-state index in [1.165, 1.54) is 5.56 Å². The summed E-state index contributed by atoms with van der Waals surface area (Å²) in [6.07, 6.45) is 2.89. The van der Waals surface area contributed by atoms with E-state index in [0.717, 1.165) is 39.8 Å². The molecule has 0 spiro atoms.